The maximum absolute atomic E-state index is 12.8. The second-order valence-electron chi connectivity index (χ2n) is 6.17. The zero-order valence-electron chi connectivity index (χ0n) is 15.3. The minimum atomic E-state index is -0.657. The molecule has 0 aromatic carbocycles. The van der Waals surface area contributed by atoms with Crippen LogP contribution < -0.4 is 21.1 Å². The predicted octanol–water partition coefficient (Wildman–Crippen LogP) is 1.32. The summed E-state index contributed by atoms with van der Waals surface area (Å²) in [5, 5.41) is 5.13. The van der Waals surface area contributed by atoms with Gasteiger partial charge in [-0.1, -0.05) is 0 Å². The zero-order valence-corrected chi connectivity index (χ0v) is 16.2. The molecule has 8 nitrogen and oxygen atoms in total. The molecule has 2 N–H and O–H groups in total. The third-order valence-electron chi connectivity index (χ3n) is 4.54. The highest BCUT2D eigenvalue weighted by atomic mass is 32.1. The molecule has 1 fully saturated rings. The molecular formula is C18H23N5O3S. The van der Waals surface area contributed by atoms with Crippen LogP contribution in [-0.4, -0.2) is 48.4 Å². The molecule has 1 aliphatic rings. The SMILES string of the molecule is CCOC(=O)c1cn(N/C=C\S)c2nc(N3CC[C@@H](NC)C3)ccc2c1=O. The molecule has 3 heterocycles. The van der Waals surface area contributed by atoms with Crippen LogP contribution in [0.15, 0.2) is 34.7 Å². The number of rotatable bonds is 6. The highest BCUT2D eigenvalue weighted by Gasteiger charge is 2.23. The molecule has 1 aliphatic heterocycles. The van der Waals surface area contributed by atoms with E-state index >= 15 is 0 Å². The number of carbonyl (C=O) groups is 1. The van der Waals surface area contributed by atoms with Gasteiger partial charge in [0.05, 0.1) is 12.0 Å². The van der Waals surface area contributed by atoms with Crippen molar-refractivity contribution in [3.8, 4) is 0 Å². The summed E-state index contributed by atoms with van der Waals surface area (Å²) in [6, 6.07) is 3.94. The molecule has 2 aromatic heterocycles. The van der Waals surface area contributed by atoms with Gasteiger partial charge in [0.1, 0.15) is 11.4 Å². The number of hydrogen-bond acceptors (Lipinski definition) is 8. The van der Waals surface area contributed by atoms with E-state index in [-0.39, 0.29) is 12.2 Å². The largest absolute Gasteiger partial charge is 0.462 e. The Labute approximate surface area is 162 Å². The summed E-state index contributed by atoms with van der Waals surface area (Å²) in [7, 11) is 1.95. The van der Waals surface area contributed by atoms with Gasteiger partial charge in [0.15, 0.2) is 5.65 Å². The number of pyridine rings is 2. The number of thiol groups is 1. The van der Waals surface area contributed by atoms with E-state index in [9.17, 15) is 9.59 Å². The van der Waals surface area contributed by atoms with Gasteiger partial charge < -0.3 is 15.0 Å². The highest BCUT2D eigenvalue weighted by molar-refractivity contribution is 7.83. The van der Waals surface area contributed by atoms with Crippen LogP contribution in [0.3, 0.4) is 0 Å². The summed E-state index contributed by atoms with van der Waals surface area (Å²) in [6.07, 6.45) is 4.02. The molecule has 0 spiro atoms. The van der Waals surface area contributed by atoms with E-state index in [4.69, 9.17) is 4.74 Å². The van der Waals surface area contributed by atoms with Crippen molar-refractivity contribution in [2.24, 2.45) is 0 Å². The Morgan fingerprint density at radius 3 is 2.96 bits per heavy atom. The van der Waals surface area contributed by atoms with Gasteiger partial charge in [-0.2, -0.15) is 0 Å². The van der Waals surface area contributed by atoms with Gasteiger partial charge in [0.2, 0.25) is 5.43 Å². The number of fused-ring (bicyclic) bond motifs is 1. The fourth-order valence-corrected chi connectivity index (χ4v) is 3.21. The number of hydrogen-bond donors (Lipinski definition) is 3. The van der Waals surface area contributed by atoms with Crippen molar-refractivity contribution in [1.82, 2.24) is 15.0 Å². The fourth-order valence-electron chi connectivity index (χ4n) is 3.14. The monoisotopic (exact) mass is 389 g/mol. The maximum Gasteiger partial charge on any atom is 0.343 e. The summed E-state index contributed by atoms with van der Waals surface area (Å²) in [5.41, 5.74) is 2.95. The van der Waals surface area contributed by atoms with Crippen LogP contribution in [0.25, 0.3) is 11.0 Å². The van der Waals surface area contributed by atoms with Crippen LogP contribution in [-0.2, 0) is 4.74 Å². The van der Waals surface area contributed by atoms with E-state index in [0.717, 1.165) is 25.3 Å². The summed E-state index contributed by atoms with van der Waals surface area (Å²) in [6.45, 7) is 3.63. The number of esters is 1. The molecule has 3 rings (SSSR count). The van der Waals surface area contributed by atoms with Gasteiger partial charge in [-0.05, 0) is 37.9 Å². The van der Waals surface area contributed by atoms with Gasteiger partial charge in [0.25, 0.3) is 0 Å². The van der Waals surface area contributed by atoms with Crippen molar-refractivity contribution >= 4 is 35.4 Å². The second kappa shape index (κ2) is 8.45. The molecule has 0 amide bonds. The average Bonchev–Trinajstić information content (AvgIpc) is 3.16. The Bertz CT molecular complexity index is 927. The predicted molar refractivity (Wildman–Crippen MR) is 109 cm³/mol. The summed E-state index contributed by atoms with van der Waals surface area (Å²) in [5.74, 6) is 0.129. The smallest absolute Gasteiger partial charge is 0.343 e. The maximum atomic E-state index is 12.8. The molecule has 0 aliphatic carbocycles. The first-order valence-electron chi connectivity index (χ1n) is 8.80. The Balaban J connectivity index is 2.10. The molecule has 27 heavy (non-hydrogen) atoms. The van der Waals surface area contributed by atoms with Gasteiger partial charge in [-0.15, -0.1) is 12.6 Å². The van der Waals surface area contributed by atoms with Crippen molar-refractivity contribution in [3.05, 3.63) is 45.7 Å². The quantitative estimate of drug-likeness (QED) is 0.507. The molecule has 9 heteroatoms. The van der Waals surface area contributed by atoms with E-state index in [2.05, 4.69) is 33.3 Å². The number of anilines is 1. The average molecular weight is 389 g/mol. The number of aromatic nitrogens is 2. The van der Waals surface area contributed by atoms with E-state index < -0.39 is 11.4 Å². The lowest BCUT2D eigenvalue weighted by Gasteiger charge is -2.19. The van der Waals surface area contributed by atoms with Crippen LogP contribution in [0, 0.1) is 0 Å². The van der Waals surface area contributed by atoms with Crippen molar-refractivity contribution in [2.45, 2.75) is 19.4 Å². The first-order chi connectivity index (χ1) is 13.1. The standard InChI is InChI=1S/C18H23N5O3S/c1-3-26-18(25)14-11-23(20-7-9-27)17-13(16(14)24)4-5-15(21-17)22-8-6-12(10-22)19-2/h4-5,7,9,11-12,19-20,27H,3,6,8,10H2,1-2H3/b9-7-/t12-/m1/s1. The molecule has 0 bridgehead atoms. The Hall–Kier alpha value is -2.52. The van der Waals surface area contributed by atoms with Gasteiger partial charge in [-0.25, -0.2) is 14.5 Å². The number of nitrogens with one attached hydrogen (secondary N) is 2. The van der Waals surface area contributed by atoms with Crippen LogP contribution >= 0.6 is 12.6 Å². The minimum absolute atomic E-state index is 0.0459. The number of ether oxygens (including phenoxy) is 1. The van der Waals surface area contributed by atoms with Crippen molar-refractivity contribution in [1.29, 1.82) is 0 Å². The second-order valence-corrected chi connectivity index (χ2v) is 6.47. The first kappa shape index (κ1) is 19.2. The Kier molecular flexibility index (Phi) is 6.02. The van der Waals surface area contributed by atoms with E-state index in [1.54, 1.807) is 19.2 Å². The Morgan fingerprint density at radius 1 is 1.48 bits per heavy atom. The molecule has 0 radical (unpaired) electrons. The van der Waals surface area contributed by atoms with Crippen molar-refractivity contribution < 1.29 is 9.53 Å². The molecular weight excluding hydrogens is 366 g/mol. The highest BCUT2D eigenvalue weighted by Crippen LogP contribution is 2.21. The Morgan fingerprint density at radius 2 is 2.30 bits per heavy atom. The van der Waals surface area contributed by atoms with Crippen LogP contribution in [0.1, 0.15) is 23.7 Å². The van der Waals surface area contributed by atoms with Gasteiger partial charge >= 0.3 is 5.97 Å². The topological polar surface area (TPSA) is 88.5 Å². The summed E-state index contributed by atoms with van der Waals surface area (Å²) >= 11 is 4.03. The third kappa shape index (κ3) is 3.93. The number of nitrogens with zero attached hydrogens (tertiary/aromatic N) is 3. The molecule has 144 valence electrons. The number of carbonyl (C=O) groups excluding carboxylic acids is 1. The minimum Gasteiger partial charge on any atom is -0.462 e. The zero-order chi connectivity index (χ0) is 19.4. The number of likely N-dealkylation sites (N-methyl/N-ethyl adjacent to an activating group) is 1. The van der Waals surface area contributed by atoms with Gasteiger partial charge in [0, 0.05) is 31.5 Å². The molecule has 2 aromatic rings. The van der Waals surface area contributed by atoms with Crippen molar-refractivity contribution in [3.63, 3.8) is 0 Å². The van der Waals surface area contributed by atoms with Crippen LogP contribution in [0.5, 0.6) is 0 Å². The van der Waals surface area contributed by atoms with Gasteiger partial charge in [-0.3, -0.25) is 10.2 Å². The molecule has 1 saturated heterocycles. The lowest BCUT2D eigenvalue weighted by atomic mass is 10.2. The molecule has 0 saturated carbocycles. The van der Waals surface area contributed by atoms with E-state index in [1.165, 1.54) is 16.3 Å². The lowest BCUT2D eigenvalue weighted by Crippen LogP contribution is -2.30. The van der Waals surface area contributed by atoms with E-state index in [1.807, 2.05) is 13.1 Å². The van der Waals surface area contributed by atoms with Crippen LogP contribution in [0.2, 0.25) is 0 Å². The third-order valence-corrected chi connectivity index (χ3v) is 4.69. The van der Waals surface area contributed by atoms with E-state index in [0.29, 0.717) is 17.1 Å². The van der Waals surface area contributed by atoms with Crippen LogP contribution in [0.4, 0.5) is 5.82 Å². The molecule has 0 unspecified atom stereocenters. The normalized spacial score (nSPS) is 17.0. The fraction of sp³-hybridized carbons (Fsp3) is 0.389. The first-order valence-corrected chi connectivity index (χ1v) is 9.32. The summed E-state index contributed by atoms with van der Waals surface area (Å²) in [4.78, 5) is 31.8. The lowest BCUT2D eigenvalue weighted by molar-refractivity contribution is 0.0524. The molecule has 1 atom stereocenters. The van der Waals surface area contributed by atoms with Crippen molar-refractivity contribution in [2.75, 3.05) is 37.1 Å². The summed E-state index contributed by atoms with van der Waals surface area (Å²) < 4.78 is 6.53.